The Hall–Kier alpha value is -2.23. The second-order valence-electron chi connectivity index (χ2n) is 12.5. The Bertz CT molecular complexity index is 1360. The number of benzene rings is 1. The van der Waals surface area contributed by atoms with Gasteiger partial charge in [0, 0.05) is 18.4 Å². The van der Waals surface area contributed by atoms with Crippen LogP contribution in [-0.4, -0.2) is 51.8 Å². The normalized spacial score (nSPS) is 36.8. The monoisotopic (exact) mass is 582 g/mol. The second kappa shape index (κ2) is 10.2. The molecule has 1 amide bonds. The van der Waals surface area contributed by atoms with Crippen molar-refractivity contribution in [1.82, 2.24) is 10.3 Å². The molecule has 0 bridgehead atoms. The van der Waals surface area contributed by atoms with Crippen LogP contribution in [0.2, 0.25) is 0 Å². The van der Waals surface area contributed by atoms with Crippen LogP contribution in [0.25, 0.3) is 10.2 Å². The van der Waals surface area contributed by atoms with Gasteiger partial charge in [-0.1, -0.05) is 43.3 Å². The zero-order chi connectivity index (χ0) is 28.3. The number of aromatic nitrogens is 1. The number of allylic oxidation sites excluding steroid dienone is 1. The minimum Gasteiger partial charge on any atom is -0.434 e. The second-order valence-corrected chi connectivity index (χ2v) is 14.8. The van der Waals surface area contributed by atoms with Crippen LogP contribution in [0.5, 0.6) is 0 Å². The van der Waals surface area contributed by atoms with Gasteiger partial charge in [0.25, 0.3) is 0 Å². The number of rotatable bonds is 6. The summed E-state index contributed by atoms with van der Waals surface area (Å²) in [7, 11) is 0. The first-order valence-electron chi connectivity index (χ1n) is 14.5. The SMILES string of the molecule is CCNC(=O)O[C@]1(C(=O)CSc2nc3ccccc3s2)CCC2C3CCC4=CC(=O)CCC4(C)C3[C@@H](O)CC21C. The van der Waals surface area contributed by atoms with Gasteiger partial charge in [0.05, 0.1) is 22.1 Å². The number of Topliss-reactive ketones (excluding diaryl/α,β-unsaturated/α-hetero) is 1. The van der Waals surface area contributed by atoms with Crippen LogP contribution in [0.15, 0.2) is 40.3 Å². The molecule has 1 heterocycles. The summed E-state index contributed by atoms with van der Waals surface area (Å²) >= 11 is 2.96. The van der Waals surface area contributed by atoms with Gasteiger partial charge < -0.3 is 15.2 Å². The number of ketones is 2. The molecule has 40 heavy (non-hydrogen) atoms. The predicted molar refractivity (Wildman–Crippen MR) is 156 cm³/mol. The minimum atomic E-state index is -1.31. The summed E-state index contributed by atoms with van der Waals surface area (Å²) in [6.45, 7) is 6.53. The van der Waals surface area contributed by atoms with Crippen LogP contribution < -0.4 is 5.32 Å². The Morgan fingerprint density at radius 1 is 1.20 bits per heavy atom. The molecule has 0 spiro atoms. The number of aliphatic hydroxyl groups excluding tert-OH is 1. The largest absolute Gasteiger partial charge is 0.434 e. The number of alkyl carbamates (subject to hydrolysis) is 1. The molecule has 0 aliphatic heterocycles. The highest BCUT2D eigenvalue weighted by atomic mass is 32.2. The van der Waals surface area contributed by atoms with Crippen molar-refractivity contribution in [1.29, 1.82) is 0 Å². The highest BCUT2D eigenvalue weighted by molar-refractivity contribution is 8.01. The maximum Gasteiger partial charge on any atom is 0.408 e. The standard InChI is InChI=1S/C31H38N2O5S2/c1-4-32-27(37)38-31(25(36)17-39-28-33-22-7-5-6-8-24(22)40-28)14-12-21-20-10-9-18-15-19(34)11-13-29(18,2)26(20)23(35)16-30(21,31)3/h5-8,15,20-21,23,26,35H,4,9-14,16-17H2,1-3H3,(H,32,37)/t20?,21?,23-,26?,29?,30?,31-/m0/s1. The fourth-order valence-electron chi connectivity index (χ4n) is 8.85. The van der Waals surface area contributed by atoms with E-state index in [1.54, 1.807) is 11.3 Å². The van der Waals surface area contributed by atoms with Gasteiger partial charge in [0.2, 0.25) is 0 Å². The molecule has 1 aromatic carbocycles. The average Bonchev–Trinajstić information content (AvgIpc) is 3.46. The summed E-state index contributed by atoms with van der Waals surface area (Å²) in [6.07, 6.45) is 5.23. The fraction of sp³-hybridized carbons (Fsp3) is 0.613. The molecular weight excluding hydrogens is 544 g/mol. The number of amides is 1. The van der Waals surface area contributed by atoms with Crippen molar-refractivity contribution in [2.75, 3.05) is 12.3 Å². The Balaban J connectivity index is 1.31. The third-order valence-electron chi connectivity index (χ3n) is 10.7. The van der Waals surface area contributed by atoms with Crippen LogP contribution in [0.4, 0.5) is 4.79 Å². The number of aliphatic hydroxyl groups is 1. The Morgan fingerprint density at radius 3 is 2.77 bits per heavy atom. The molecule has 2 aromatic rings. The maximum absolute atomic E-state index is 14.3. The molecule has 5 unspecified atom stereocenters. The van der Waals surface area contributed by atoms with E-state index in [1.165, 1.54) is 17.3 Å². The highest BCUT2D eigenvalue weighted by Gasteiger charge is 2.70. The smallest absolute Gasteiger partial charge is 0.408 e. The number of para-hydroxylation sites is 1. The van der Waals surface area contributed by atoms with Crippen LogP contribution in [0, 0.1) is 28.6 Å². The quantitative estimate of drug-likeness (QED) is 0.406. The first-order valence-corrected chi connectivity index (χ1v) is 16.3. The van der Waals surface area contributed by atoms with Gasteiger partial charge >= 0.3 is 6.09 Å². The molecule has 4 aliphatic carbocycles. The lowest BCUT2D eigenvalue weighted by Crippen LogP contribution is -2.63. The van der Waals surface area contributed by atoms with E-state index in [1.807, 2.05) is 37.3 Å². The number of carbonyl (C=O) groups is 3. The molecule has 1 aromatic heterocycles. The lowest BCUT2D eigenvalue weighted by Gasteiger charge is -2.60. The van der Waals surface area contributed by atoms with Gasteiger partial charge in [0.1, 0.15) is 0 Å². The van der Waals surface area contributed by atoms with E-state index < -0.39 is 23.2 Å². The first-order chi connectivity index (χ1) is 19.1. The topological polar surface area (TPSA) is 106 Å². The highest BCUT2D eigenvalue weighted by Crippen LogP contribution is 2.68. The van der Waals surface area contributed by atoms with E-state index in [9.17, 15) is 19.5 Å². The van der Waals surface area contributed by atoms with Crippen molar-refractivity contribution in [2.24, 2.45) is 28.6 Å². The molecule has 9 heteroatoms. The van der Waals surface area contributed by atoms with Crippen LogP contribution in [-0.2, 0) is 14.3 Å². The van der Waals surface area contributed by atoms with E-state index in [2.05, 4.69) is 24.1 Å². The summed E-state index contributed by atoms with van der Waals surface area (Å²) < 4.78 is 8.09. The summed E-state index contributed by atoms with van der Waals surface area (Å²) in [6, 6.07) is 7.92. The molecule has 2 N–H and O–H groups in total. The summed E-state index contributed by atoms with van der Waals surface area (Å²) in [5.41, 5.74) is -0.124. The van der Waals surface area contributed by atoms with Crippen molar-refractivity contribution in [2.45, 2.75) is 81.8 Å². The zero-order valence-electron chi connectivity index (χ0n) is 23.4. The van der Waals surface area contributed by atoms with E-state index in [0.717, 1.165) is 40.2 Å². The zero-order valence-corrected chi connectivity index (χ0v) is 25.0. The molecule has 214 valence electrons. The Labute approximate surface area is 243 Å². The number of thioether (sulfide) groups is 1. The molecule has 7 nitrogen and oxygen atoms in total. The van der Waals surface area contributed by atoms with Crippen molar-refractivity contribution in [3.63, 3.8) is 0 Å². The maximum atomic E-state index is 14.3. The van der Waals surface area contributed by atoms with Crippen molar-refractivity contribution < 1.29 is 24.2 Å². The first kappa shape index (κ1) is 27.9. The van der Waals surface area contributed by atoms with Gasteiger partial charge in [-0.2, -0.15) is 0 Å². The minimum absolute atomic E-state index is 0.0335. The number of thiazole rings is 1. The number of carbonyl (C=O) groups excluding carboxylic acids is 3. The van der Waals surface area contributed by atoms with Gasteiger partial charge in [-0.3, -0.25) is 9.59 Å². The predicted octanol–water partition coefficient (Wildman–Crippen LogP) is 5.95. The van der Waals surface area contributed by atoms with E-state index >= 15 is 0 Å². The lowest BCUT2D eigenvalue weighted by molar-refractivity contribution is -0.179. The van der Waals surface area contributed by atoms with Gasteiger partial charge in [-0.25, -0.2) is 9.78 Å². The number of nitrogens with one attached hydrogen (secondary N) is 1. The average molecular weight is 583 g/mol. The molecule has 3 fully saturated rings. The molecule has 6 rings (SSSR count). The van der Waals surface area contributed by atoms with E-state index in [-0.39, 0.29) is 40.5 Å². The van der Waals surface area contributed by atoms with Crippen LogP contribution >= 0.6 is 23.1 Å². The summed E-state index contributed by atoms with van der Waals surface area (Å²) in [5.74, 6) is 0.609. The third-order valence-corrected chi connectivity index (χ3v) is 12.8. The van der Waals surface area contributed by atoms with Crippen molar-refractivity contribution in [3.05, 3.63) is 35.9 Å². The van der Waals surface area contributed by atoms with E-state index in [4.69, 9.17) is 4.74 Å². The van der Waals surface area contributed by atoms with Gasteiger partial charge in [-0.15, -0.1) is 11.3 Å². The van der Waals surface area contributed by atoms with Crippen LogP contribution in [0.3, 0.4) is 0 Å². The number of nitrogens with zero attached hydrogens (tertiary/aromatic N) is 1. The van der Waals surface area contributed by atoms with Crippen molar-refractivity contribution in [3.8, 4) is 0 Å². The summed E-state index contributed by atoms with van der Waals surface area (Å²) in [5, 5.41) is 14.6. The molecular formula is C31H38N2O5S2. The van der Waals surface area contributed by atoms with Crippen LogP contribution in [0.1, 0.15) is 65.7 Å². The molecule has 0 radical (unpaired) electrons. The molecule has 0 saturated heterocycles. The fourth-order valence-corrected chi connectivity index (χ4v) is 10.9. The summed E-state index contributed by atoms with van der Waals surface area (Å²) in [4.78, 5) is 44.1. The molecule has 4 aliphatic rings. The lowest BCUT2D eigenvalue weighted by atomic mass is 9.45. The number of hydrogen-bond donors (Lipinski definition) is 2. The molecule has 7 atom stereocenters. The number of fused-ring (bicyclic) bond motifs is 6. The van der Waals surface area contributed by atoms with Gasteiger partial charge in [-0.05, 0) is 86.8 Å². The van der Waals surface area contributed by atoms with E-state index in [0.29, 0.717) is 25.8 Å². The Kier molecular flexibility index (Phi) is 7.15. The van der Waals surface area contributed by atoms with Crippen molar-refractivity contribution >= 4 is 51.0 Å². The van der Waals surface area contributed by atoms with Gasteiger partial charge in [0.15, 0.2) is 21.5 Å². The Morgan fingerprint density at radius 2 is 2.00 bits per heavy atom. The number of ether oxygens (including phenoxy) is 1. The number of hydrogen-bond acceptors (Lipinski definition) is 8. The molecule has 3 saturated carbocycles. The third kappa shape index (κ3) is 4.26.